The van der Waals surface area contributed by atoms with Gasteiger partial charge in [0.05, 0.1) is 5.69 Å². The van der Waals surface area contributed by atoms with Crippen LogP contribution in [0.5, 0.6) is 0 Å². The molecule has 39 heavy (non-hydrogen) atoms. The molecule has 1 atom stereocenters. The van der Waals surface area contributed by atoms with Crippen LogP contribution in [0.4, 0.5) is 10.1 Å². The smallest absolute Gasteiger partial charge is 0.304 e. The first-order valence-electron chi connectivity index (χ1n) is 12.9. The number of para-hydroxylation sites is 1. The minimum atomic E-state index is -4.27. The molecule has 12 heteroatoms. The molecule has 1 aliphatic carbocycles. The Morgan fingerprint density at radius 3 is 2.33 bits per heavy atom. The summed E-state index contributed by atoms with van der Waals surface area (Å²) in [6, 6.07) is 9.24. The van der Waals surface area contributed by atoms with Gasteiger partial charge < -0.3 is 10.2 Å². The number of hydrogen-bond acceptors (Lipinski definition) is 4. The van der Waals surface area contributed by atoms with Crippen molar-refractivity contribution in [3.05, 3.63) is 63.9 Å². The highest BCUT2D eigenvalue weighted by Gasteiger charge is 2.35. The van der Waals surface area contributed by atoms with Gasteiger partial charge in [-0.25, -0.2) is 8.70 Å². The molecular weight excluding hydrogens is 566 g/mol. The Balaban J connectivity index is 2.00. The fraction of sp³-hybridized carbons (Fsp3) is 0.481. The Morgan fingerprint density at radius 1 is 1.08 bits per heavy atom. The van der Waals surface area contributed by atoms with Gasteiger partial charge in [-0.15, -0.1) is 0 Å². The summed E-state index contributed by atoms with van der Waals surface area (Å²) in [5.74, 6) is -1.80. The van der Waals surface area contributed by atoms with E-state index in [1.807, 2.05) is 0 Å². The fourth-order valence-electron chi connectivity index (χ4n) is 4.65. The van der Waals surface area contributed by atoms with Gasteiger partial charge in [-0.05, 0) is 49.1 Å². The van der Waals surface area contributed by atoms with E-state index < -0.39 is 34.5 Å². The molecule has 0 aliphatic heterocycles. The number of nitrogens with zero attached hydrogens (tertiary/aromatic N) is 3. The molecule has 0 radical (unpaired) electrons. The van der Waals surface area contributed by atoms with Gasteiger partial charge >= 0.3 is 10.2 Å². The highest BCUT2D eigenvalue weighted by Crippen LogP contribution is 2.27. The van der Waals surface area contributed by atoms with E-state index in [4.69, 9.17) is 23.2 Å². The van der Waals surface area contributed by atoms with E-state index in [2.05, 4.69) is 5.32 Å². The number of halogens is 3. The third-order valence-electron chi connectivity index (χ3n) is 6.83. The van der Waals surface area contributed by atoms with Gasteiger partial charge in [0.15, 0.2) is 0 Å². The minimum absolute atomic E-state index is 0.0143. The minimum Gasteiger partial charge on any atom is -0.352 e. The molecule has 3 rings (SSSR count). The van der Waals surface area contributed by atoms with E-state index in [9.17, 15) is 22.4 Å². The lowest BCUT2D eigenvalue weighted by Crippen LogP contribution is -2.54. The number of nitrogens with one attached hydrogen (secondary N) is 1. The largest absolute Gasteiger partial charge is 0.352 e. The normalized spacial score (nSPS) is 15.2. The molecule has 2 aromatic carbocycles. The summed E-state index contributed by atoms with van der Waals surface area (Å²) >= 11 is 12.5. The van der Waals surface area contributed by atoms with Crippen LogP contribution in [0.2, 0.25) is 10.0 Å². The van der Waals surface area contributed by atoms with E-state index >= 15 is 0 Å². The van der Waals surface area contributed by atoms with Crippen LogP contribution in [0.1, 0.15) is 51.0 Å². The lowest BCUT2D eigenvalue weighted by Gasteiger charge is -2.35. The van der Waals surface area contributed by atoms with E-state index in [1.165, 1.54) is 43.3 Å². The molecular formula is C27H35Cl2FN4O4S. The van der Waals surface area contributed by atoms with Crippen molar-refractivity contribution in [2.45, 2.75) is 64.1 Å². The lowest BCUT2D eigenvalue weighted by atomic mass is 9.95. The van der Waals surface area contributed by atoms with Crippen LogP contribution in [0.15, 0.2) is 42.5 Å². The molecule has 8 nitrogen and oxygen atoms in total. The molecule has 0 spiro atoms. The fourth-order valence-corrected chi connectivity index (χ4v) is 6.19. The predicted molar refractivity (Wildman–Crippen MR) is 152 cm³/mol. The zero-order valence-corrected chi connectivity index (χ0v) is 24.7. The monoisotopic (exact) mass is 600 g/mol. The predicted octanol–water partition coefficient (Wildman–Crippen LogP) is 5.00. The second-order valence-corrected chi connectivity index (χ2v) is 12.7. The Bertz CT molecular complexity index is 1270. The molecule has 2 aromatic rings. The van der Waals surface area contributed by atoms with Crippen molar-refractivity contribution in [2.75, 3.05) is 24.9 Å². The number of rotatable bonds is 11. The summed E-state index contributed by atoms with van der Waals surface area (Å²) in [5.41, 5.74) is 0.259. The van der Waals surface area contributed by atoms with Gasteiger partial charge in [-0.3, -0.25) is 9.59 Å². The standard InChI is InChI=1S/C27H35Cl2FN4O4S/c1-4-24(27(36)31-21-10-6-5-7-11-21)33(17-19-14-15-20(28)16-22(19)29)26(35)18-34(39(37,38)32(2)3)25-13-9-8-12-23(25)30/h8-9,12-16,21,24H,4-7,10-11,17-18H2,1-3H3,(H,31,36). The molecule has 1 N–H and O–H groups in total. The molecule has 1 aliphatic rings. The van der Waals surface area contributed by atoms with Crippen molar-refractivity contribution >= 4 is 50.9 Å². The van der Waals surface area contributed by atoms with Crippen LogP contribution in [0, 0.1) is 5.82 Å². The zero-order chi connectivity index (χ0) is 28.7. The Hall–Kier alpha value is -2.40. The summed E-state index contributed by atoms with van der Waals surface area (Å²) in [7, 11) is -1.68. The van der Waals surface area contributed by atoms with Crippen molar-refractivity contribution in [1.82, 2.24) is 14.5 Å². The summed E-state index contributed by atoms with van der Waals surface area (Å²) in [6.07, 6.45) is 5.16. The van der Waals surface area contributed by atoms with E-state index in [0.717, 1.165) is 42.5 Å². The van der Waals surface area contributed by atoms with Crippen molar-refractivity contribution in [3.63, 3.8) is 0 Å². The SMILES string of the molecule is CCC(C(=O)NC1CCCCC1)N(Cc1ccc(Cl)cc1Cl)C(=O)CN(c1ccccc1F)S(=O)(=O)N(C)C. The Labute approximate surface area is 240 Å². The molecule has 0 heterocycles. The van der Waals surface area contributed by atoms with Crippen molar-refractivity contribution < 1.29 is 22.4 Å². The van der Waals surface area contributed by atoms with Crippen LogP contribution in [0.25, 0.3) is 0 Å². The molecule has 1 unspecified atom stereocenters. The molecule has 0 bridgehead atoms. The van der Waals surface area contributed by atoms with Gasteiger partial charge in [-0.2, -0.15) is 12.7 Å². The second-order valence-electron chi connectivity index (χ2n) is 9.77. The molecule has 2 amide bonds. The molecule has 214 valence electrons. The van der Waals surface area contributed by atoms with Crippen LogP contribution in [-0.2, 0) is 26.3 Å². The number of hydrogen-bond donors (Lipinski definition) is 1. The molecule has 0 aromatic heterocycles. The highest BCUT2D eigenvalue weighted by atomic mass is 35.5. The van der Waals surface area contributed by atoms with Crippen LogP contribution >= 0.6 is 23.2 Å². The van der Waals surface area contributed by atoms with Crippen LogP contribution in [0.3, 0.4) is 0 Å². The first-order chi connectivity index (χ1) is 18.4. The lowest BCUT2D eigenvalue weighted by molar-refractivity contribution is -0.140. The summed E-state index contributed by atoms with van der Waals surface area (Å²) in [4.78, 5) is 28.7. The van der Waals surface area contributed by atoms with Gasteiger partial charge in [0.1, 0.15) is 18.4 Å². The second kappa shape index (κ2) is 13.8. The Morgan fingerprint density at radius 2 is 1.74 bits per heavy atom. The zero-order valence-electron chi connectivity index (χ0n) is 22.4. The quantitative estimate of drug-likeness (QED) is 0.393. The maximum absolute atomic E-state index is 14.8. The maximum Gasteiger partial charge on any atom is 0.304 e. The van der Waals surface area contributed by atoms with E-state index in [1.54, 1.807) is 19.1 Å². The third-order valence-corrected chi connectivity index (χ3v) is 9.23. The van der Waals surface area contributed by atoms with Crippen LogP contribution in [-0.4, -0.2) is 62.2 Å². The number of anilines is 1. The number of carbonyl (C=O) groups is 2. The average molecular weight is 602 g/mol. The van der Waals surface area contributed by atoms with Crippen LogP contribution < -0.4 is 9.62 Å². The highest BCUT2D eigenvalue weighted by molar-refractivity contribution is 7.90. The van der Waals surface area contributed by atoms with Gasteiger partial charge in [0, 0.05) is 36.7 Å². The number of benzene rings is 2. The first-order valence-corrected chi connectivity index (χ1v) is 15.1. The van der Waals surface area contributed by atoms with E-state index in [0.29, 0.717) is 19.9 Å². The maximum atomic E-state index is 14.8. The summed E-state index contributed by atoms with van der Waals surface area (Å²) < 4.78 is 42.9. The van der Waals surface area contributed by atoms with Gasteiger partial charge in [-0.1, -0.05) is 67.6 Å². The van der Waals surface area contributed by atoms with Crippen molar-refractivity contribution in [3.8, 4) is 0 Å². The van der Waals surface area contributed by atoms with E-state index in [-0.39, 0.29) is 30.6 Å². The summed E-state index contributed by atoms with van der Waals surface area (Å²) in [5, 5.41) is 3.78. The average Bonchev–Trinajstić information content (AvgIpc) is 2.89. The Kier molecular flexibility index (Phi) is 11.0. The van der Waals surface area contributed by atoms with Crippen molar-refractivity contribution in [1.29, 1.82) is 0 Å². The molecule has 1 saturated carbocycles. The molecule has 1 fully saturated rings. The molecule has 0 saturated heterocycles. The third kappa shape index (κ3) is 7.84. The topological polar surface area (TPSA) is 90.0 Å². The number of carbonyl (C=O) groups excluding carboxylic acids is 2. The van der Waals surface area contributed by atoms with Crippen molar-refractivity contribution in [2.24, 2.45) is 0 Å². The van der Waals surface area contributed by atoms with Gasteiger partial charge in [0.2, 0.25) is 11.8 Å². The summed E-state index contributed by atoms with van der Waals surface area (Å²) in [6.45, 7) is 0.985. The first kappa shape index (κ1) is 31.1. The number of amides is 2. The van der Waals surface area contributed by atoms with Gasteiger partial charge in [0.25, 0.3) is 0 Å².